The third-order valence-electron chi connectivity index (χ3n) is 4.65. The number of amides is 1. The second-order valence-electron chi connectivity index (χ2n) is 7.27. The minimum absolute atomic E-state index is 0.00686. The summed E-state index contributed by atoms with van der Waals surface area (Å²) in [4.78, 5) is 14.7. The van der Waals surface area contributed by atoms with Crippen molar-refractivity contribution in [1.82, 2.24) is 10.2 Å². The molecule has 0 spiro atoms. The van der Waals surface area contributed by atoms with Crippen molar-refractivity contribution in [3.8, 4) is 0 Å². The van der Waals surface area contributed by atoms with E-state index < -0.39 is 0 Å². The van der Waals surface area contributed by atoms with E-state index in [-0.39, 0.29) is 18.0 Å². The fraction of sp³-hybridized carbons (Fsp3) is 0.632. The minimum Gasteiger partial charge on any atom is -0.352 e. The first-order valence-corrected chi connectivity index (χ1v) is 8.79. The van der Waals surface area contributed by atoms with Crippen molar-refractivity contribution < 1.29 is 4.79 Å². The molecule has 0 aliphatic carbocycles. The number of carbonyl (C=O) groups is 1. The number of rotatable bonds is 6. The number of nitrogens with zero attached hydrogens (tertiary/aromatic N) is 1. The van der Waals surface area contributed by atoms with Gasteiger partial charge >= 0.3 is 0 Å². The number of piperidine rings is 1. The summed E-state index contributed by atoms with van der Waals surface area (Å²) in [6, 6.07) is 10.9. The molecule has 0 radical (unpaired) electrons. The molecule has 0 saturated carbocycles. The predicted octanol–water partition coefficient (Wildman–Crippen LogP) is 2.53. The lowest BCUT2D eigenvalue weighted by molar-refractivity contribution is -0.123. The summed E-state index contributed by atoms with van der Waals surface area (Å²) in [5.74, 6) is 0.454. The van der Waals surface area contributed by atoms with Gasteiger partial charge in [-0.25, -0.2) is 0 Å². The Hall–Kier alpha value is -1.39. The molecule has 4 heteroatoms. The highest BCUT2D eigenvalue weighted by Crippen LogP contribution is 2.20. The van der Waals surface area contributed by atoms with E-state index in [1.54, 1.807) is 0 Å². The average molecular weight is 317 g/mol. The van der Waals surface area contributed by atoms with Crippen LogP contribution in [-0.2, 0) is 11.3 Å². The zero-order valence-electron chi connectivity index (χ0n) is 14.7. The summed E-state index contributed by atoms with van der Waals surface area (Å²) in [7, 11) is 0. The second kappa shape index (κ2) is 8.46. The van der Waals surface area contributed by atoms with Gasteiger partial charge in [0.1, 0.15) is 0 Å². The number of nitrogens with two attached hydrogens (primary N) is 1. The zero-order valence-corrected chi connectivity index (χ0v) is 14.7. The fourth-order valence-electron chi connectivity index (χ4n) is 3.33. The molecule has 4 nitrogen and oxygen atoms in total. The van der Waals surface area contributed by atoms with Gasteiger partial charge in [0.25, 0.3) is 0 Å². The van der Waals surface area contributed by atoms with Crippen LogP contribution in [0.3, 0.4) is 0 Å². The van der Waals surface area contributed by atoms with Crippen molar-refractivity contribution in [3.05, 3.63) is 35.9 Å². The normalized spacial score (nSPS) is 23.7. The van der Waals surface area contributed by atoms with E-state index in [0.29, 0.717) is 12.0 Å². The SMILES string of the molecule is CC(C)C[C@H](N)C(=O)NC1CCN(Cc2ccccc2)C(C)C1. The lowest BCUT2D eigenvalue weighted by atomic mass is 9.96. The Morgan fingerprint density at radius 1 is 1.35 bits per heavy atom. The van der Waals surface area contributed by atoms with Crippen molar-refractivity contribution in [2.45, 2.75) is 64.7 Å². The van der Waals surface area contributed by atoms with Crippen LogP contribution in [0.5, 0.6) is 0 Å². The molecule has 23 heavy (non-hydrogen) atoms. The summed E-state index contributed by atoms with van der Waals surface area (Å²) in [6.45, 7) is 8.43. The van der Waals surface area contributed by atoms with Crippen molar-refractivity contribution in [1.29, 1.82) is 0 Å². The topological polar surface area (TPSA) is 58.4 Å². The molecule has 1 aromatic rings. The molecule has 1 fully saturated rings. The van der Waals surface area contributed by atoms with Gasteiger partial charge < -0.3 is 11.1 Å². The van der Waals surface area contributed by atoms with Crippen LogP contribution in [0.15, 0.2) is 30.3 Å². The van der Waals surface area contributed by atoms with E-state index in [2.05, 4.69) is 61.3 Å². The van der Waals surface area contributed by atoms with Gasteiger partial charge in [0.05, 0.1) is 6.04 Å². The summed E-state index contributed by atoms with van der Waals surface area (Å²) in [6.07, 6.45) is 2.73. The van der Waals surface area contributed by atoms with Gasteiger partial charge in [-0.3, -0.25) is 9.69 Å². The molecule has 2 rings (SSSR count). The average Bonchev–Trinajstić information content (AvgIpc) is 2.50. The highest BCUT2D eigenvalue weighted by molar-refractivity contribution is 5.81. The third-order valence-corrected chi connectivity index (χ3v) is 4.65. The molecule has 1 aromatic carbocycles. The first-order chi connectivity index (χ1) is 11.0. The molecule has 0 bridgehead atoms. The van der Waals surface area contributed by atoms with Gasteiger partial charge in [0, 0.05) is 25.2 Å². The van der Waals surface area contributed by atoms with Gasteiger partial charge in [0.2, 0.25) is 5.91 Å². The molecule has 0 aromatic heterocycles. The number of likely N-dealkylation sites (tertiary alicyclic amines) is 1. The van der Waals surface area contributed by atoms with Crippen LogP contribution in [0.25, 0.3) is 0 Å². The van der Waals surface area contributed by atoms with Crippen molar-refractivity contribution >= 4 is 5.91 Å². The van der Waals surface area contributed by atoms with Crippen LogP contribution in [-0.4, -0.2) is 35.5 Å². The molecular weight excluding hydrogens is 286 g/mol. The van der Waals surface area contributed by atoms with Crippen LogP contribution in [0.4, 0.5) is 0 Å². The van der Waals surface area contributed by atoms with Gasteiger partial charge in [-0.15, -0.1) is 0 Å². The zero-order chi connectivity index (χ0) is 16.8. The molecule has 128 valence electrons. The second-order valence-corrected chi connectivity index (χ2v) is 7.27. The van der Waals surface area contributed by atoms with Crippen molar-refractivity contribution in [2.24, 2.45) is 11.7 Å². The van der Waals surface area contributed by atoms with Gasteiger partial charge in [-0.1, -0.05) is 44.2 Å². The summed E-state index contributed by atoms with van der Waals surface area (Å²) >= 11 is 0. The van der Waals surface area contributed by atoms with E-state index in [0.717, 1.165) is 32.4 Å². The van der Waals surface area contributed by atoms with Crippen LogP contribution in [0.1, 0.15) is 45.6 Å². The molecule has 3 N–H and O–H groups in total. The van der Waals surface area contributed by atoms with Crippen LogP contribution < -0.4 is 11.1 Å². The van der Waals surface area contributed by atoms with E-state index in [4.69, 9.17) is 5.73 Å². The van der Waals surface area contributed by atoms with Gasteiger partial charge in [0.15, 0.2) is 0 Å². The number of benzene rings is 1. The lowest BCUT2D eigenvalue weighted by Gasteiger charge is -2.38. The van der Waals surface area contributed by atoms with E-state index >= 15 is 0 Å². The third kappa shape index (κ3) is 5.63. The number of hydrogen-bond acceptors (Lipinski definition) is 3. The molecule has 1 aliphatic heterocycles. The summed E-state index contributed by atoms with van der Waals surface area (Å²) in [5, 5.41) is 3.15. The van der Waals surface area contributed by atoms with E-state index in [9.17, 15) is 4.79 Å². The molecule has 1 heterocycles. The summed E-state index contributed by atoms with van der Waals surface area (Å²) < 4.78 is 0. The minimum atomic E-state index is -0.382. The van der Waals surface area contributed by atoms with E-state index in [1.165, 1.54) is 5.56 Å². The largest absolute Gasteiger partial charge is 0.352 e. The molecule has 2 unspecified atom stereocenters. The van der Waals surface area contributed by atoms with Crippen LogP contribution in [0, 0.1) is 5.92 Å². The standard InChI is InChI=1S/C19H31N3O/c1-14(2)11-18(20)19(23)21-17-9-10-22(15(3)12-17)13-16-7-5-4-6-8-16/h4-8,14-15,17-18H,9-13,20H2,1-3H3,(H,21,23)/t15?,17?,18-/m0/s1. The lowest BCUT2D eigenvalue weighted by Crippen LogP contribution is -2.52. The molecule has 1 amide bonds. The van der Waals surface area contributed by atoms with Crippen LogP contribution >= 0.6 is 0 Å². The van der Waals surface area contributed by atoms with Gasteiger partial charge in [-0.05, 0) is 37.7 Å². The Morgan fingerprint density at radius 3 is 2.65 bits per heavy atom. The van der Waals surface area contributed by atoms with Crippen molar-refractivity contribution in [3.63, 3.8) is 0 Å². The maximum absolute atomic E-state index is 12.2. The highest BCUT2D eigenvalue weighted by atomic mass is 16.2. The highest BCUT2D eigenvalue weighted by Gasteiger charge is 2.27. The number of hydrogen-bond donors (Lipinski definition) is 2. The Kier molecular flexibility index (Phi) is 6.60. The molecular formula is C19H31N3O. The predicted molar refractivity (Wildman–Crippen MR) is 94.9 cm³/mol. The first kappa shape index (κ1) is 18.0. The van der Waals surface area contributed by atoms with E-state index in [1.807, 2.05) is 0 Å². The Morgan fingerprint density at radius 2 is 2.04 bits per heavy atom. The van der Waals surface area contributed by atoms with Crippen LogP contribution in [0.2, 0.25) is 0 Å². The molecule has 3 atom stereocenters. The number of carbonyl (C=O) groups excluding carboxylic acids is 1. The Balaban J connectivity index is 1.80. The maximum Gasteiger partial charge on any atom is 0.237 e. The smallest absolute Gasteiger partial charge is 0.237 e. The summed E-state index contributed by atoms with van der Waals surface area (Å²) in [5.41, 5.74) is 7.32. The fourth-order valence-corrected chi connectivity index (χ4v) is 3.33. The van der Waals surface area contributed by atoms with Crippen molar-refractivity contribution in [2.75, 3.05) is 6.54 Å². The maximum atomic E-state index is 12.2. The molecule has 1 aliphatic rings. The first-order valence-electron chi connectivity index (χ1n) is 8.79. The number of nitrogens with one attached hydrogen (secondary N) is 1. The Labute approximate surface area is 140 Å². The monoisotopic (exact) mass is 317 g/mol. The quantitative estimate of drug-likeness (QED) is 0.847. The van der Waals surface area contributed by atoms with Gasteiger partial charge in [-0.2, -0.15) is 0 Å². The molecule has 1 saturated heterocycles. The Bertz CT molecular complexity index is 489.